The first-order valence-electron chi connectivity index (χ1n) is 4.54. The molecule has 1 saturated heterocycles. The third-order valence-electron chi connectivity index (χ3n) is 3.08. The monoisotopic (exact) mass is 140 g/mol. The van der Waals surface area contributed by atoms with Gasteiger partial charge >= 0.3 is 0 Å². The van der Waals surface area contributed by atoms with Crippen LogP contribution in [0.3, 0.4) is 0 Å². The zero-order chi connectivity index (χ0) is 6.81. The minimum atomic E-state index is 1.03. The predicted molar refractivity (Wildman–Crippen MR) is 40.9 cm³/mol. The lowest BCUT2D eigenvalue weighted by molar-refractivity contribution is 0.139. The highest BCUT2D eigenvalue weighted by molar-refractivity contribution is 4.78. The van der Waals surface area contributed by atoms with Gasteiger partial charge in [-0.15, -0.1) is 0 Å². The molecule has 1 heterocycles. The van der Waals surface area contributed by atoms with Gasteiger partial charge in [0.15, 0.2) is 0 Å². The molecule has 0 spiro atoms. The standard InChI is InChI=1S/C9H16O/c1-2-8-4-6-10-7-5-9(8)3-1/h8-9H,1-7H2/t8-,9+. The van der Waals surface area contributed by atoms with Crippen LogP contribution in [-0.4, -0.2) is 13.2 Å². The minimum Gasteiger partial charge on any atom is -0.381 e. The van der Waals surface area contributed by atoms with E-state index in [4.69, 9.17) is 4.74 Å². The average molecular weight is 140 g/mol. The highest BCUT2D eigenvalue weighted by Gasteiger charge is 2.27. The van der Waals surface area contributed by atoms with Crippen molar-refractivity contribution in [1.82, 2.24) is 0 Å². The van der Waals surface area contributed by atoms with Crippen molar-refractivity contribution in [1.29, 1.82) is 0 Å². The third-order valence-corrected chi connectivity index (χ3v) is 3.08. The molecule has 1 heteroatoms. The lowest BCUT2D eigenvalue weighted by atomic mass is 9.92. The summed E-state index contributed by atoms with van der Waals surface area (Å²) in [6.07, 6.45) is 7.12. The van der Waals surface area contributed by atoms with E-state index in [9.17, 15) is 0 Å². The summed E-state index contributed by atoms with van der Waals surface area (Å²) in [6.45, 7) is 2.06. The smallest absolute Gasteiger partial charge is 0.0468 e. The summed E-state index contributed by atoms with van der Waals surface area (Å²) in [4.78, 5) is 0. The van der Waals surface area contributed by atoms with Crippen LogP contribution in [0.1, 0.15) is 32.1 Å². The first kappa shape index (κ1) is 6.66. The van der Waals surface area contributed by atoms with Gasteiger partial charge in [-0.2, -0.15) is 0 Å². The maximum atomic E-state index is 5.43. The Kier molecular flexibility index (Phi) is 1.94. The normalized spacial score (nSPS) is 40.8. The van der Waals surface area contributed by atoms with Gasteiger partial charge in [0.05, 0.1) is 0 Å². The molecule has 0 aromatic carbocycles. The quantitative estimate of drug-likeness (QED) is 0.501. The second-order valence-electron chi connectivity index (χ2n) is 3.64. The number of hydrogen-bond donors (Lipinski definition) is 0. The molecule has 2 aliphatic rings. The fourth-order valence-corrected chi connectivity index (χ4v) is 2.45. The number of fused-ring (bicyclic) bond motifs is 1. The molecule has 0 aromatic rings. The first-order chi connectivity index (χ1) is 4.97. The van der Waals surface area contributed by atoms with Crippen LogP contribution in [0.5, 0.6) is 0 Å². The van der Waals surface area contributed by atoms with Crippen molar-refractivity contribution >= 4 is 0 Å². The van der Waals surface area contributed by atoms with Crippen LogP contribution in [0.15, 0.2) is 0 Å². The molecule has 1 aliphatic carbocycles. The molecule has 2 rings (SSSR count). The van der Waals surface area contributed by atoms with Crippen LogP contribution in [-0.2, 0) is 4.74 Å². The lowest BCUT2D eigenvalue weighted by Crippen LogP contribution is -2.06. The van der Waals surface area contributed by atoms with Gasteiger partial charge in [0.1, 0.15) is 0 Å². The summed E-state index contributed by atoms with van der Waals surface area (Å²) in [7, 11) is 0. The van der Waals surface area contributed by atoms with Crippen molar-refractivity contribution in [2.45, 2.75) is 32.1 Å². The second-order valence-corrected chi connectivity index (χ2v) is 3.64. The van der Waals surface area contributed by atoms with E-state index in [0.29, 0.717) is 0 Å². The lowest BCUT2D eigenvalue weighted by Gasteiger charge is -2.13. The van der Waals surface area contributed by atoms with Crippen molar-refractivity contribution in [3.63, 3.8) is 0 Å². The van der Waals surface area contributed by atoms with E-state index in [1.165, 1.54) is 32.1 Å². The average Bonchev–Trinajstić information content (AvgIpc) is 2.28. The third kappa shape index (κ3) is 1.20. The SMILES string of the molecule is C1C[C@@H]2CCOCC[C@@H]2C1. The van der Waals surface area contributed by atoms with Gasteiger partial charge in [-0.1, -0.05) is 19.3 Å². The van der Waals surface area contributed by atoms with Crippen LogP contribution >= 0.6 is 0 Å². The van der Waals surface area contributed by atoms with Gasteiger partial charge in [-0.25, -0.2) is 0 Å². The van der Waals surface area contributed by atoms with E-state index in [1.807, 2.05) is 0 Å². The number of hydrogen-bond acceptors (Lipinski definition) is 1. The molecule has 1 saturated carbocycles. The Morgan fingerprint density at radius 3 is 2.00 bits per heavy atom. The van der Waals surface area contributed by atoms with Gasteiger partial charge in [-0.05, 0) is 24.7 Å². The van der Waals surface area contributed by atoms with E-state index < -0.39 is 0 Å². The van der Waals surface area contributed by atoms with Crippen LogP contribution in [0.2, 0.25) is 0 Å². The first-order valence-corrected chi connectivity index (χ1v) is 4.54. The Balaban J connectivity index is 1.95. The Bertz CT molecular complexity index is 99.3. The van der Waals surface area contributed by atoms with Crippen LogP contribution in [0.25, 0.3) is 0 Å². The fourth-order valence-electron chi connectivity index (χ4n) is 2.45. The maximum Gasteiger partial charge on any atom is 0.0468 e. The highest BCUT2D eigenvalue weighted by atomic mass is 16.5. The molecule has 58 valence electrons. The van der Waals surface area contributed by atoms with Crippen molar-refractivity contribution in [3.05, 3.63) is 0 Å². The molecule has 0 unspecified atom stereocenters. The molecule has 10 heavy (non-hydrogen) atoms. The van der Waals surface area contributed by atoms with Crippen LogP contribution < -0.4 is 0 Å². The molecule has 1 nitrogen and oxygen atoms in total. The molecule has 0 aromatic heterocycles. The summed E-state index contributed by atoms with van der Waals surface area (Å²) in [6, 6.07) is 0. The Morgan fingerprint density at radius 1 is 0.800 bits per heavy atom. The van der Waals surface area contributed by atoms with E-state index in [1.54, 1.807) is 0 Å². The fraction of sp³-hybridized carbons (Fsp3) is 1.00. The van der Waals surface area contributed by atoms with Gasteiger partial charge in [0, 0.05) is 13.2 Å². The van der Waals surface area contributed by atoms with Gasteiger partial charge in [0.2, 0.25) is 0 Å². The van der Waals surface area contributed by atoms with Crippen LogP contribution in [0, 0.1) is 11.8 Å². The summed E-state index contributed by atoms with van der Waals surface area (Å²) in [5, 5.41) is 0. The largest absolute Gasteiger partial charge is 0.381 e. The number of rotatable bonds is 0. The van der Waals surface area contributed by atoms with E-state index >= 15 is 0 Å². The molecular formula is C9H16O. The van der Waals surface area contributed by atoms with Crippen molar-refractivity contribution < 1.29 is 4.74 Å². The van der Waals surface area contributed by atoms with E-state index in [-0.39, 0.29) is 0 Å². The Hall–Kier alpha value is -0.0400. The summed E-state index contributed by atoms with van der Waals surface area (Å²) in [5.74, 6) is 2.06. The van der Waals surface area contributed by atoms with Crippen molar-refractivity contribution in [3.8, 4) is 0 Å². The summed E-state index contributed by atoms with van der Waals surface area (Å²) >= 11 is 0. The molecule has 2 atom stereocenters. The topological polar surface area (TPSA) is 9.23 Å². The number of ether oxygens (including phenoxy) is 1. The molecule has 0 radical (unpaired) electrons. The minimum absolute atomic E-state index is 1.03. The van der Waals surface area contributed by atoms with E-state index in [0.717, 1.165) is 25.0 Å². The molecule has 2 fully saturated rings. The van der Waals surface area contributed by atoms with Gasteiger partial charge in [0.25, 0.3) is 0 Å². The van der Waals surface area contributed by atoms with Gasteiger partial charge < -0.3 is 4.74 Å². The zero-order valence-electron chi connectivity index (χ0n) is 6.51. The molecule has 1 aliphatic heterocycles. The Labute approximate surface area is 62.8 Å². The van der Waals surface area contributed by atoms with Crippen molar-refractivity contribution in [2.75, 3.05) is 13.2 Å². The molecule has 0 N–H and O–H groups in total. The van der Waals surface area contributed by atoms with Crippen molar-refractivity contribution in [2.24, 2.45) is 11.8 Å². The zero-order valence-corrected chi connectivity index (χ0v) is 6.51. The predicted octanol–water partition coefficient (Wildman–Crippen LogP) is 2.21. The molecular weight excluding hydrogens is 124 g/mol. The molecule has 0 bridgehead atoms. The Morgan fingerprint density at radius 2 is 1.40 bits per heavy atom. The summed E-state index contributed by atoms with van der Waals surface area (Å²) < 4.78 is 5.43. The van der Waals surface area contributed by atoms with Gasteiger partial charge in [-0.3, -0.25) is 0 Å². The van der Waals surface area contributed by atoms with Crippen LogP contribution in [0.4, 0.5) is 0 Å². The molecule has 0 amide bonds. The highest BCUT2D eigenvalue weighted by Crippen LogP contribution is 2.37. The van der Waals surface area contributed by atoms with E-state index in [2.05, 4.69) is 0 Å². The maximum absolute atomic E-state index is 5.43. The summed E-state index contributed by atoms with van der Waals surface area (Å²) in [5.41, 5.74) is 0. The second kappa shape index (κ2) is 2.91.